The number of hydrogen-bond acceptors (Lipinski definition) is 2. The number of aliphatic carboxylic acids is 1. The van der Waals surface area contributed by atoms with Crippen LogP contribution in [0.3, 0.4) is 0 Å². The smallest absolute Gasteiger partial charge is 0.329 e. The van der Waals surface area contributed by atoms with Crippen molar-refractivity contribution in [2.75, 3.05) is 0 Å². The average molecular weight is 153 g/mol. The van der Waals surface area contributed by atoms with Crippen LogP contribution >= 0.6 is 0 Å². The number of terminal acetylenes is 1. The van der Waals surface area contributed by atoms with Crippen LogP contribution in [-0.2, 0) is 4.79 Å². The SMILES string of the molecule is C#CCC(C)N/C=C/C(=O)O. The molecule has 0 aliphatic carbocycles. The third kappa shape index (κ3) is 6.46. The fraction of sp³-hybridized carbons (Fsp3) is 0.375. The summed E-state index contributed by atoms with van der Waals surface area (Å²) in [5.74, 6) is 1.49. The van der Waals surface area contributed by atoms with E-state index in [0.717, 1.165) is 6.08 Å². The van der Waals surface area contributed by atoms with Crippen LogP contribution in [0.4, 0.5) is 0 Å². The average Bonchev–Trinajstić information content (AvgIpc) is 1.87. The van der Waals surface area contributed by atoms with Crippen LogP contribution < -0.4 is 5.32 Å². The van der Waals surface area contributed by atoms with Crippen LogP contribution in [0.2, 0.25) is 0 Å². The third-order valence-electron chi connectivity index (χ3n) is 1.03. The maximum Gasteiger partial charge on any atom is 0.329 e. The van der Waals surface area contributed by atoms with Gasteiger partial charge in [0.1, 0.15) is 0 Å². The molecule has 0 aliphatic rings. The molecular formula is C8H11NO2. The van der Waals surface area contributed by atoms with Gasteiger partial charge < -0.3 is 10.4 Å². The van der Waals surface area contributed by atoms with E-state index in [9.17, 15) is 4.79 Å². The largest absolute Gasteiger partial charge is 0.478 e. The summed E-state index contributed by atoms with van der Waals surface area (Å²) < 4.78 is 0. The number of hydrogen-bond donors (Lipinski definition) is 2. The molecule has 0 bridgehead atoms. The summed E-state index contributed by atoms with van der Waals surface area (Å²) in [7, 11) is 0. The first-order valence-electron chi connectivity index (χ1n) is 3.25. The van der Waals surface area contributed by atoms with E-state index in [1.54, 1.807) is 0 Å². The van der Waals surface area contributed by atoms with Crippen LogP contribution in [-0.4, -0.2) is 17.1 Å². The Labute approximate surface area is 66.1 Å². The van der Waals surface area contributed by atoms with Gasteiger partial charge in [0.2, 0.25) is 0 Å². The molecule has 0 saturated carbocycles. The van der Waals surface area contributed by atoms with Gasteiger partial charge in [-0.15, -0.1) is 12.3 Å². The van der Waals surface area contributed by atoms with Crippen molar-refractivity contribution in [3.8, 4) is 12.3 Å². The van der Waals surface area contributed by atoms with Crippen molar-refractivity contribution >= 4 is 5.97 Å². The second-order valence-corrected chi connectivity index (χ2v) is 2.15. The molecule has 0 saturated heterocycles. The quantitative estimate of drug-likeness (QED) is 0.459. The Morgan fingerprint density at radius 1 is 1.91 bits per heavy atom. The molecule has 2 N–H and O–H groups in total. The van der Waals surface area contributed by atoms with E-state index in [-0.39, 0.29) is 6.04 Å². The summed E-state index contributed by atoms with van der Waals surface area (Å²) in [6.07, 6.45) is 8.03. The first-order chi connectivity index (χ1) is 5.16. The molecule has 0 aliphatic heterocycles. The highest BCUT2D eigenvalue weighted by molar-refractivity contribution is 5.79. The Morgan fingerprint density at radius 2 is 2.55 bits per heavy atom. The lowest BCUT2D eigenvalue weighted by Gasteiger charge is -2.05. The Hall–Kier alpha value is -1.43. The lowest BCUT2D eigenvalue weighted by molar-refractivity contribution is -0.131. The number of carboxylic acid groups (broad SMARTS) is 1. The van der Waals surface area contributed by atoms with Crippen molar-refractivity contribution in [2.24, 2.45) is 0 Å². The van der Waals surface area contributed by atoms with Gasteiger partial charge in [-0.2, -0.15) is 0 Å². The molecule has 11 heavy (non-hydrogen) atoms. The van der Waals surface area contributed by atoms with Crippen LogP contribution in [0.15, 0.2) is 12.3 Å². The van der Waals surface area contributed by atoms with Gasteiger partial charge in [-0.3, -0.25) is 0 Å². The number of nitrogens with one attached hydrogen (secondary N) is 1. The van der Waals surface area contributed by atoms with E-state index < -0.39 is 5.97 Å². The van der Waals surface area contributed by atoms with Gasteiger partial charge in [-0.1, -0.05) is 0 Å². The standard InChI is InChI=1S/C8H11NO2/c1-3-4-7(2)9-6-5-8(10)11/h1,5-7,9H,4H2,2H3,(H,10,11)/b6-5+. The van der Waals surface area contributed by atoms with Gasteiger partial charge in [0, 0.05) is 24.7 Å². The molecule has 0 radical (unpaired) electrons. The van der Waals surface area contributed by atoms with Crippen molar-refractivity contribution in [2.45, 2.75) is 19.4 Å². The summed E-state index contributed by atoms with van der Waals surface area (Å²) in [6, 6.07) is 0.121. The molecule has 0 heterocycles. The van der Waals surface area contributed by atoms with Crippen LogP contribution in [0, 0.1) is 12.3 Å². The molecule has 1 atom stereocenters. The third-order valence-corrected chi connectivity index (χ3v) is 1.03. The van der Waals surface area contributed by atoms with Crippen molar-refractivity contribution in [1.29, 1.82) is 0 Å². The predicted octanol–water partition coefficient (Wildman–Crippen LogP) is 0.586. The minimum absolute atomic E-state index is 0.121. The van der Waals surface area contributed by atoms with Gasteiger partial charge in [0.25, 0.3) is 0 Å². The molecule has 3 heteroatoms. The number of carbonyl (C=O) groups is 1. The molecule has 0 aromatic heterocycles. The van der Waals surface area contributed by atoms with Gasteiger partial charge in [-0.25, -0.2) is 4.79 Å². The Balaban J connectivity index is 3.54. The zero-order valence-corrected chi connectivity index (χ0v) is 6.37. The molecule has 60 valence electrons. The molecule has 0 amide bonds. The summed E-state index contributed by atoms with van der Waals surface area (Å²) in [5.41, 5.74) is 0. The van der Waals surface area contributed by atoms with E-state index in [4.69, 9.17) is 11.5 Å². The summed E-state index contributed by atoms with van der Waals surface area (Å²) in [6.45, 7) is 1.88. The molecule has 3 nitrogen and oxygen atoms in total. The van der Waals surface area contributed by atoms with Gasteiger partial charge >= 0.3 is 5.97 Å². The highest BCUT2D eigenvalue weighted by Crippen LogP contribution is 1.86. The second kappa shape index (κ2) is 5.36. The fourth-order valence-corrected chi connectivity index (χ4v) is 0.519. The van der Waals surface area contributed by atoms with Crippen molar-refractivity contribution in [1.82, 2.24) is 5.32 Å². The first kappa shape index (κ1) is 9.57. The first-order valence-corrected chi connectivity index (χ1v) is 3.25. The maximum atomic E-state index is 9.97. The zero-order valence-electron chi connectivity index (χ0n) is 6.37. The van der Waals surface area contributed by atoms with E-state index in [2.05, 4.69) is 11.2 Å². The van der Waals surface area contributed by atoms with Crippen LogP contribution in [0.5, 0.6) is 0 Å². The van der Waals surface area contributed by atoms with E-state index in [1.165, 1.54) is 6.20 Å². The van der Waals surface area contributed by atoms with E-state index >= 15 is 0 Å². The van der Waals surface area contributed by atoms with Crippen LogP contribution in [0.25, 0.3) is 0 Å². The predicted molar refractivity (Wildman–Crippen MR) is 42.8 cm³/mol. The van der Waals surface area contributed by atoms with Crippen molar-refractivity contribution in [3.63, 3.8) is 0 Å². The Morgan fingerprint density at radius 3 is 3.00 bits per heavy atom. The summed E-state index contributed by atoms with van der Waals surface area (Å²) >= 11 is 0. The maximum absolute atomic E-state index is 9.97. The number of carboxylic acids is 1. The zero-order chi connectivity index (χ0) is 8.69. The summed E-state index contributed by atoms with van der Waals surface area (Å²) in [4.78, 5) is 9.97. The van der Waals surface area contributed by atoms with E-state index in [0.29, 0.717) is 6.42 Å². The van der Waals surface area contributed by atoms with Crippen LogP contribution in [0.1, 0.15) is 13.3 Å². The fourth-order valence-electron chi connectivity index (χ4n) is 0.519. The number of rotatable bonds is 4. The Kier molecular flexibility index (Phi) is 4.67. The molecule has 0 aromatic rings. The van der Waals surface area contributed by atoms with Gasteiger partial charge in [-0.05, 0) is 6.92 Å². The highest BCUT2D eigenvalue weighted by Gasteiger charge is 1.93. The second-order valence-electron chi connectivity index (χ2n) is 2.15. The molecule has 0 rings (SSSR count). The lowest BCUT2D eigenvalue weighted by Crippen LogP contribution is -2.19. The normalized spacial score (nSPS) is 12.4. The van der Waals surface area contributed by atoms with E-state index in [1.807, 2.05) is 6.92 Å². The van der Waals surface area contributed by atoms with Gasteiger partial charge in [0.15, 0.2) is 0 Å². The van der Waals surface area contributed by atoms with Gasteiger partial charge in [0.05, 0.1) is 0 Å². The molecule has 1 unspecified atom stereocenters. The lowest BCUT2D eigenvalue weighted by atomic mass is 10.2. The minimum atomic E-state index is -0.967. The van der Waals surface area contributed by atoms with Crippen molar-refractivity contribution < 1.29 is 9.90 Å². The van der Waals surface area contributed by atoms with Crippen molar-refractivity contribution in [3.05, 3.63) is 12.3 Å². The monoisotopic (exact) mass is 153 g/mol. The topological polar surface area (TPSA) is 49.3 Å². The molecule has 0 fully saturated rings. The molecule has 0 spiro atoms. The Bertz CT molecular complexity index is 191. The molecular weight excluding hydrogens is 142 g/mol. The molecule has 0 aromatic carbocycles. The summed E-state index contributed by atoms with van der Waals surface area (Å²) in [5, 5.41) is 11.0. The minimum Gasteiger partial charge on any atom is -0.478 e. The highest BCUT2D eigenvalue weighted by atomic mass is 16.4.